The van der Waals surface area contributed by atoms with Gasteiger partial charge in [0.25, 0.3) is 0 Å². The summed E-state index contributed by atoms with van der Waals surface area (Å²) in [6, 6.07) is 15.3. The molecule has 0 aliphatic carbocycles. The quantitative estimate of drug-likeness (QED) is 0.434. The lowest BCUT2D eigenvalue weighted by Crippen LogP contribution is -1.89. The smallest absolute Gasteiger partial charge is 0.159 e. The highest BCUT2D eigenvalue weighted by Gasteiger charge is 2.04. The number of aryl methyl sites for hydroxylation is 1. The van der Waals surface area contributed by atoms with Crippen molar-refractivity contribution < 1.29 is 8.78 Å². The van der Waals surface area contributed by atoms with Crippen LogP contribution in [0.15, 0.2) is 67.0 Å². The molecule has 0 N–H and O–H groups in total. The number of fused-ring (bicyclic) bond motifs is 1. The topological polar surface area (TPSA) is 25.8 Å². The third kappa shape index (κ3) is 3.68. The van der Waals surface area contributed by atoms with Crippen LogP contribution >= 0.6 is 0 Å². The molecule has 4 rings (SSSR count). The zero-order valence-corrected chi connectivity index (χ0v) is 14.5. The summed E-state index contributed by atoms with van der Waals surface area (Å²) in [6.07, 6.45) is 3.56. The molecule has 0 fully saturated rings. The van der Waals surface area contributed by atoms with Crippen LogP contribution < -0.4 is 0 Å². The summed E-state index contributed by atoms with van der Waals surface area (Å²) < 4.78 is 26.7. The summed E-state index contributed by atoms with van der Waals surface area (Å²) in [5.41, 5.74) is 3.51. The lowest BCUT2D eigenvalue weighted by atomic mass is 10.1. The van der Waals surface area contributed by atoms with Gasteiger partial charge < -0.3 is 0 Å². The molecule has 0 unspecified atom stereocenters. The minimum Gasteiger partial charge on any atom is -0.236 e. The van der Waals surface area contributed by atoms with Gasteiger partial charge in [0, 0.05) is 29.1 Å². The third-order valence-corrected chi connectivity index (χ3v) is 4.15. The second-order valence-corrected chi connectivity index (χ2v) is 6.24. The Morgan fingerprint density at radius 2 is 1.30 bits per heavy atom. The van der Waals surface area contributed by atoms with Gasteiger partial charge in [0.1, 0.15) is 0 Å². The van der Waals surface area contributed by atoms with Crippen molar-refractivity contribution in [2.45, 2.75) is 6.92 Å². The Bertz CT molecular complexity index is 1190. The first-order chi connectivity index (χ1) is 13.1. The summed E-state index contributed by atoms with van der Waals surface area (Å²) in [7, 11) is 0. The zero-order valence-electron chi connectivity index (χ0n) is 14.5. The molecular formula is C23H14F2N2. The largest absolute Gasteiger partial charge is 0.236 e. The van der Waals surface area contributed by atoms with Gasteiger partial charge in [-0.15, -0.1) is 0 Å². The van der Waals surface area contributed by atoms with Crippen LogP contribution in [0.3, 0.4) is 0 Å². The van der Waals surface area contributed by atoms with E-state index in [-0.39, 0.29) is 0 Å². The maximum absolute atomic E-state index is 13.4. The summed E-state index contributed by atoms with van der Waals surface area (Å²) in [6.45, 7) is 1.94. The molecule has 0 aliphatic rings. The number of nitrogens with zero attached hydrogens (tertiary/aromatic N) is 2. The van der Waals surface area contributed by atoms with Crippen molar-refractivity contribution in [3.63, 3.8) is 0 Å². The van der Waals surface area contributed by atoms with Crippen molar-refractivity contribution in [1.82, 2.24) is 9.97 Å². The molecule has 0 saturated carbocycles. The Kier molecular flexibility index (Phi) is 4.35. The summed E-state index contributed by atoms with van der Waals surface area (Å²) in [5, 5.41) is 1.26. The first-order valence-corrected chi connectivity index (χ1v) is 8.38. The van der Waals surface area contributed by atoms with Gasteiger partial charge in [-0.25, -0.2) is 18.7 Å². The third-order valence-electron chi connectivity index (χ3n) is 4.15. The predicted molar refractivity (Wildman–Crippen MR) is 102 cm³/mol. The highest BCUT2D eigenvalue weighted by Crippen LogP contribution is 2.20. The van der Waals surface area contributed by atoms with Crippen molar-refractivity contribution in [1.29, 1.82) is 0 Å². The van der Waals surface area contributed by atoms with Gasteiger partial charge in [-0.1, -0.05) is 17.9 Å². The lowest BCUT2D eigenvalue weighted by Gasteiger charge is -2.01. The van der Waals surface area contributed by atoms with Crippen LogP contribution in [-0.4, -0.2) is 9.97 Å². The lowest BCUT2D eigenvalue weighted by molar-refractivity contribution is 0.511. The molecule has 4 heteroatoms. The SMILES string of the molecule is Cc1cnc(-c2ccc(C#Cc3ccc4cc(F)c(F)cc4c3)cc2)nc1. The van der Waals surface area contributed by atoms with Crippen LogP contribution in [0.1, 0.15) is 16.7 Å². The van der Waals surface area contributed by atoms with Crippen molar-refractivity contribution in [2.24, 2.45) is 0 Å². The van der Waals surface area contributed by atoms with Crippen molar-refractivity contribution in [3.05, 3.63) is 95.3 Å². The van der Waals surface area contributed by atoms with E-state index in [1.54, 1.807) is 30.6 Å². The van der Waals surface area contributed by atoms with Gasteiger partial charge >= 0.3 is 0 Å². The molecule has 0 bridgehead atoms. The highest BCUT2D eigenvalue weighted by atomic mass is 19.2. The van der Waals surface area contributed by atoms with E-state index in [9.17, 15) is 8.78 Å². The van der Waals surface area contributed by atoms with Crippen molar-refractivity contribution >= 4 is 10.8 Å². The van der Waals surface area contributed by atoms with Crippen molar-refractivity contribution in [2.75, 3.05) is 0 Å². The van der Waals surface area contributed by atoms with E-state index in [4.69, 9.17) is 0 Å². The molecule has 0 spiro atoms. The average Bonchev–Trinajstić information content (AvgIpc) is 2.68. The Hall–Kier alpha value is -3.58. The molecule has 2 nitrogen and oxygen atoms in total. The molecule has 1 aromatic heterocycles. The zero-order chi connectivity index (χ0) is 18.8. The van der Waals surface area contributed by atoms with E-state index in [1.807, 2.05) is 31.2 Å². The second kappa shape index (κ2) is 6.97. The van der Waals surface area contributed by atoms with Crippen LogP contribution in [0.25, 0.3) is 22.2 Å². The van der Waals surface area contributed by atoms with E-state index in [0.29, 0.717) is 16.6 Å². The first-order valence-electron chi connectivity index (χ1n) is 8.38. The molecule has 0 atom stereocenters. The Balaban J connectivity index is 1.59. The number of halogens is 2. The molecule has 3 aromatic carbocycles. The molecule has 4 aromatic rings. The van der Waals surface area contributed by atoms with E-state index in [0.717, 1.165) is 22.3 Å². The second-order valence-electron chi connectivity index (χ2n) is 6.24. The van der Waals surface area contributed by atoms with Crippen LogP contribution in [-0.2, 0) is 0 Å². The fourth-order valence-corrected chi connectivity index (χ4v) is 2.71. The van der Waals surface area contributed by atoms with E-state index >= 15 is 0 Å². The van der Waals surface area contributed by atoms with Gasteiger partial charge in [-0.05, 0) is 71.8 Å². The van der Waals surface area contributed by atoms with E-state index < -0.39 is 11.6 Å². The number of hydrogen-bond acceptors (Lipinski definition) is 2. The molecule has 1 heterocycles. The fraction of sp³-hybridized carbons (Fsp3) is 0.0435. The van der Waals surface area contributed by atoms with E-state index in [2.05, 4.69) is 21.8 Å². The summed E-state index contributed by atoms with van der Waals surface area (Å²) in [5.74, 6) is 5.10. The number of aromatic nitrogens is 2. The Morgan fingerprint density at radius 1 is 0.704 bits per heavy atom. The Labute approximate surface area is 155 Å². The molecule has 0 radical (unpaired) electrons. The maximum Gasteiger partial charge on any atom is 0.159 e. The first kappa shape index (κ1) is 16.9. The van der Waals surface area contributed by atoms with Crippen LogP contribution in [0.4, 0.5) is 8.78 Å². The predicted octanol–water partition coefficient (Wildman–Crippen LogP) is 5.28. The average molecular weight is 356 g/mol. The molecule has 0 amide bonds. The standard InChI is InChI=1S/C23H14F2N2/c1-15-13-26-23(27-14-15)18-7-4-16(5-8-18)2-3-17-6-9-19-11-21(24)22(25)12-20(19)10-17/h4-14H,1H3. The summed E-state index contributed by atoms with van der Waals surface area (Å²) >= 11 is 0. The van der Waals surface area contributed by atoms with Gasteiger partial charge in [0.05, 0.1) is 0 Å². The molecular weight excluding hydrogens is 342 g/mol. The van der Waals surface area contributed by atoms with Gasteiger partial charge in [-0.2, -0.15) is 0 Å². The van der Waals surface area contributed by atoms with Gasteiger partial charge in [-0.3, -0.25) is 0 Å². The van der Waals surface area contributed by atoms with Crippen molar-refractivity contribution in [3.8, 4) is 23.2 Å². The monoisotopic (exact) mass is 356 g/mol. The van der Waals surface area contributed by atoms with Gasteiger partial charge in [0.15, 0.2) is 17.5 Å². The summed E-state index contributed by atoms with van der Waals surface area (Å²) in [4.78, 5) is 8.62. The highest BCUT2D eigenvalue weighted by molar-refractivity contribution is 5.84. The van der Waals surface area contributed by atoms with Crippen LogP contribution in [0.2, 0.25) is 0 Å². The van der Waals surface area contributed by atoms with Crippen LogP contribution in [0, 0.1) is 30.4 Å². The Morgan fingerprint density at radius 3 is 2.00 bits per heavy atom. The fourth-order valence-electron chi connectivity index (χ4n) is 2.71. The van der Waals surface area contributed by atoms with E-state index in [1.165, 1.54) is 12.1 Å². The number of benzene rings is 3. The normalized spacial score (nSPS) is 10.5. The van der Waals surface area contributed by atoms with Crippen LogP contribution in [0.5, 0.6) is 0 Å². The minimum absolute atomic E-state index is 0.618. The maximum atomic E-state index is 13.4. The molecule has 130 valence electrons. The minimum atomic E-state index is -0.860. The molecule has 0 aliphatic heterocycles. The number of rotatable bonds is 1. The molecule has 27 heavy (non-hydrogen) atoms. The van der Waals surface area contributed by atoms with Gasteiger partial charge in [0.2, 0.25) is 0 Å². The number of hydrogen-bond donors (Lipinski definition) is 0. The molecule has 0 saturated heterocycles.